The molecule has 0 amide bonds. The first-order chi connectivity index (χ1) is 8.74. The van der Waals surface area contributed by atoms with Crippen LogP contribution in [0, 0.1) is 12.7 Å². The van der Waals surface area contributed by atoms with E-state index in [4.69, 9.17) is 0 Å². The Hall–Kier alpha value is -1.68. The number of aromatic amines is 1. The summed E-state index contributed by atoms with van der Waals surface area (Å²) in [6, 6.07) is 5.13. The topological polar surface area (TPSA) is 40.7 Å². The van der Waals surface area contributed by atoms with Gasteiger partial charge in [0.25, 0.3) is 0 Å². The lowest BCUT2D eigenvalue weighted by atomic mass is 10.1. The second kappa shape index (κ2) is 4.53. The molecule has 3 rings (SSSR count). The van der Waals surface area contributed by atoms with E-state index < -0.39 is 0 Å². The molecule has 0 spiro atoms. The first-order valence-corrected chi connectivity index (χ1v) is 6.26. The van der Waals surface area contributed by atoms with Gasteiger partial charge < -0.3 is 10.3 Å². The number of imidazole rings is 1. The molecule has 1 saturated heterocycles. The van der Waals surface area contributed by atoms with E-state index in [-0.39, 0.29) is 5.82 Å². The Morgan fingerprint density at radius 3 is 3.00 bits per heavy atom. The quantitative estimate of drug-likeness (QED) is 0.853. The van der Waals surface area contributed by atoms with Gasteiger partial charge in [0.2, 0.25) is 0 Å². The van der Waals surface area contributed by atoms with E-state index in [1.54, 1.807) is 13.0 Å². The van der Waals surface area contributed by atoms with Gasteiger partial charge in [-0.1, -0.05) is 0 Å². The molecule has 1 aliphatic rings. The fourth-order valence-corrected chi connectivity index (χ4v) is 2.39. The summed E-state index contributed by atoms with van der Waals surface area (Å²) in [5.74, 6) is 1.33. The van der Waals surface area contributed by atoms with Gasteiger partial charge in [-0.15, -0.1) is 0 Å². The molecule has 0 saturated carbocycles. The van der Waals surface area contributed by atoms with Crippen LogP contribution in [0.2, 0.25) is 0 Å². The van der Waals surface area contributed by atoms with E-state index in [1.807, 2.05) is 12.3 Å². The molecule has 3 nitrogen and oxygen atoms in total. The fraction of sp³-hybridized carbons (Fsp3) is 0.357. The van der Waals surface area contributed by atoms with E-state index in [0.717, 1.165) is 36.6 Å². The molecule has 0 radical (unpaired) electrons. The lowest BCUT2D eigenvalue weighted by Crippen LogP contribution is -2.08. The van der Waals surface area contributed by atoms with Crippen molar-refractivity contribution in [3.63, 3.8) is 0 Å². The van der Waals surface area contributed by atoms with Crippen LogP contribution in [0.3, 0.4) is 0 Å². The highest BCUT2D eigenvalue weighted by Gasteiger charge is 2.19. The number of aromatic nitrogens is 2. The van der Waals surface area contributed by atoms with Crippen LogP contribution in [0.4, 0.5) is 4.39 Å². The molecule has 1 aromatic carbocycles. The molecule has 2 N–H and O–H groups in total. The number of H-pyrrole nitrogens is 1. The lowest BCUT2D eigenvalue weighted by Gasteiger charge is -2.04. The molecule has 0 bridgehead atoms. The third-order valence-corrected chi connectivity index (χ3v) is 3.51. The highest BCUT2D eigenvalue weighted by molar-refractivity contribution is 5.59. The van der Waals surface area contributed by atoms with Crippen LogP contribution < -0.4 is 5.32 Å². The second-order valence-corrected chi connectivity index (χ2v) is 4.84. The summed E-state index contributed by atoms with van der Waals surface area (Å²) < 4.78 is 13.2. The van der Waals surface area contributed by atoms with Gasteiger partial charge in [0.15, 0.2) is 0 Å². The zero-order valence-corrected chi connectivity index (χ0v) is 10.3. The largest absolute Gasteiger partial charge is 0.342 e. The molecular weight excluding hydrogens is 229 g/mol. The summed E-state index contributed by atoms with van der Waals surface area (Å²) in [5.41, 5.74) is 2.60. The standard InChI is InChI=1S/C14H16FN3/c1-9-6-10(2-3-12(9)15)13-8-17-14(18-13)11-4-5-16-7-11/h2-3,6,8,11,16H,4-5,7H2,1H3,(H,17,18). The third kappa shape index (κ3) is 2.04. The Bertz CT molecular complexity index is 556. The van der Waals surface area contributed by atoms with Crippen molar-refractivity contribution in [1.29, 1.82) is 0 Å². The zero-order valence-electron chi connectivity index (χ0n) is 10.3. The van der Waals surface area contributed by atoms with Gasteiger partial charge in [-0.25, -0.2) is 9.37 Å². The molecule has 4 heteroatoms. The minimum atomic E-state index is -0.168. The number of halogens is 1. The zero-order chi connectivity index (χ0) is 12.5. The average molecular weight is 245 g/mol. The number of hydrogen-bond donors (Lipinski definition) is 2. The van der Waals surface area contributed by atoms with Crippen molar-refractivity contribution in [2.75, 3.05) is 13.1 Å². The van der Waals surface area contributed by atoms with Crippen molar-refractivity contribution in [3.8, 4) is 11.3 Å². The van der Waals surface area contributed by atoms with Crippen LogP contribution in [0.25, 0.3) is 11.3 Å². The van der Waals surface area contributed by atoms with Crippen molar-refractivity contribution < 1.29 is 4.39 Å². The Kier molecular flexibility index (Phi) is 2.88. The number of rotatable bonds is 2. The van der Waals surface area contributed by atoms with Gasteiger partial charge in [-0.2, -0.15) is 0 Å². The normalized spacial score (nSPS) is 19.3. The van der Waals surface area contributed by atoms with Crippen molar-refractivity contribution in [3.05, 3.63) is 41.6 Å². The SMILES string of the molecule is Cc1cc(-c2cnc(C3CCNC3)[nH]2)ccc1F. The van der Waals surface area contributed by atoms with E-state index in [1.165, 1.54) is 6.07 Å². The van der Waals surface area contributed by atoms with Crippen LogP contribution in [0.5, 0.6) is 0 Å². The van der Waals surface area contributed by atoms with Gasteiger partial charge in [0.1, 0.15) is 11.6 Å². The van der Waals surface area contributed by atoms with Gasteiger partial charge in [-0.05, 0) is 43.7 Å². The van der Waals surface area contributed by atoms with Gasteiger partial charge in [0, 0.05) is 18.0 Å². The summed E-state index contributed by atoms with van der Waals surface area (Å²) in [5, 5.41) is 3.33. The molecular formula is C14H16FN3. The van der Waals surface area contributed by atoms with Crippen molar-refractivity contribution >= 4 is 0 Å². The number of benzene rings is 1. The minimum absolute atomic E-state index is 0.168. The Morgan fingerprint density at radius 2 is 2.28 bits per heavy atom. The molecule has 1 aromatic heterocycles. The van der Waals surface area contributed by atoms with E-state index in [2.05, 4.69) is 15.3 Å². The Labute approximate surface area is 105 Å². The molecule has 1 fully saturated rings. The van der Waals surface area contributed by atoms with E-state index >= 15 is 0 Å². The molecule has 0 aliphatic carbocycles. The monoisotopic (exact) mass is 245 g/mol. The number of hydrogen-bond acceptors (Lipinski definition) is 2. The van der Waals surface area contributed by atoms with E-state index in [0.29, 0.717) is 11.5 Å². The van der Waals surface area contributed by atoms with Crippen molar-refractivity contribution in [2.24, 2.45) is 0 Å². The molecule has 2 heterocycles. The maximum Gasteiger partial charge on any atom is 0.126 e. The maximum absolute atomic E-state index is 13.2. The van der Waals surface area contributed by atoms with Gasteiger partial charge in [0.05, 0.1) is 11.9 Å². The van der Waals surface area contributed by atoms with Crippen LogP contribution in [-0.2, 0) is 0 Å². The summed E-state index contributed by atoms with van der Waals surface area (Å²) in [6.45, 7) is 3.81. The van der Waals surface area contributed by atoms with Crippen molar-refractivity contribution in [2.45, 2.75) is 19.3 Å². The summed E-state index contributed by atoms with van der Waals surface area (Å²) in [4.78, 5) is 7.78. The number of nitrogens with one attached hydrogen (secondary N) is 2. The third-order valence-electron chi connectivity index (χ3n) is 3.51. The molecule has 94 valence electrons. The number of aryl methyl sites for hydroxylation is 1. The predicted octanol–water partition coefficient (Wildman–Crippen LogP) is 2.60. The Balaban J connectivity index is 1.89. The second-order valence-electron chi connectivity index (χ2n) is 4.84. The summed E-state index contributed by atoms with van der Waals surface area (Å²) in [7, 11) is 0. The first-order valence-electron chi connectivity index (χ1n) is 6.26. The summed E-state index contributed by atoms with van der Waals surface area (Å²) >= 11 is 0. The average Bonchev–Trinajstić information content (AvgIpc) is 3.01. The fourth-order valence-electron chi connectivity index (χ4n) is 2.39. The van der Waals surface area contributed by atoms with Gasteiger partial charge in [-0.3, -0.25) is 0 Å². The van der Waals surface area contributed by atoms with Crippen molar-refractivity contribution in [1.82, 2.24) is 15.3 Å². The van der Waals surface area contributed by atoms with Crippen LogP contribution >= 0.6 is 0 Å². The van der Waals surface area contributed by atoms with Crippen LogP contribution in [0.1, 0.15) is 23.7 Å². The smallest absolute Gasteiger partial charge is 0.126 e. The minimum Gasteiger partial charge on any atom is -0.342 e. The maximum atomic E-state index is 13.2. The Morgan fingerprint density at radius 1 is 1.39 bits per heavy atom. The number of nitrogens with zero attached hydrogens (tertiary/aromatic N) is 1. The van der Waals surface area contributed by atoms with Gasteiger partial charge >= 0.3 is 0 Å². The van der Waals surface area contributed by atoms with E-state index in [9.17, 15) is 4.39 Å². The molecule has 2 aromatic rings. The molecule has 1 aliphatic heterocycles. The molecule has 18 heavy (non-hydrogen) atoms. The van der Waals surface area contributed by atoms with Crippen LogP contribution in [0.15, 0.2) is 24.4 Å². The first kappa shape index (κ1) is 11.4. The van der Waals surface area contributed by atoms with Crippen LogP contribution in [-0.4, -0.2) is 23.1 Å². The predicted molar refractivity (Wildman–Crippen MR) is 68.9 cm³/mol. The lowest BCUT2D eigenvalue weighted by molar-refractivity contribution is 0.619. The highest BCUT2D eigenvalue weighted by Crippen LogP contribution is 2.24. The molecule has 1 atom stereocenters. The summed E-state index contributed by atoms with van der Waals surface area (Å²) in [6.07, 6.45) is 2.95. The highest BCUT2D eigenvalue weighted by atomic mass is 19.1. The molecule has 1 unspecified atom stereocenters.